The highest BCUT2D eigenvalue weighted by molar-refractivity contribution is 6.91. The summed E-state index contributed by atoms with van der Waals surface area (Å²) in [6.07, 6.45) is 6.34. The first-order valence-corrected chi connectivity index (χ1v) is 21.3. The van der Waals surface area contributed by atoms with E-state index in [4.69, 9.17) is 9.47 Å². The van der Waals surface area contributed by atoms with E-state index >= 15 is 0 Å². The second-order valence-corrected chi connectivity index (χ2v) is 19.2. The van der Waals surface area contributed by atoms with E-state index in [1.165, 1.54) is 9.87 Å². The number of nitrogens with zero attached hydrogens (tertiary/aromatic N) is 5. The van der Waals surface area contributed by atoms with Crippen LogP contribution in [0.5, 0.6) is 5.75 Å². The molecule has 2 aromatic heterocycles. The molecule has 52 heavy (non-hydrogen) atoms. The number of aryl methyl sites for hydroxylation is 2. The lowest BCUT2D eigenvalue weighted by molar-refractivity contribution is 0.0249. The number of aliphatic hydroxyl groups is 1. The van der Waals surface area contributed by atoms with Crippen LogP contribution in [0.3, 0.4) is 0 Å². The highest BCUT2D eigenvalue weighted by atomic mass is 28.3. The zero-order valence-electron chi connectivity index (χ0n) is 30.3. The van der Waals surface area contributed by atoms with Gasteiger partial charge in [0.05, 0.1) is 62.9 Å². The van der Waals surface area contributed by atoms with Crippen LogP contribution in [0.2, 0.25) is 18.6 Å². The van der Waals surface area contributed by atoms with E-state index in [0.717, 1.165) is 52.9 Å². The van der Waals surface area contributed by atoms with Crippen molar-refractivity contribution in [1.82, 2.24) is 24.8 Å². The first kappa shape index (κ1) is 35.5. The van der Waals surface area contributed by atoms with Gasteiger partial charge >= 0.3 is 0 Å². The van der Waals surface area contributed by atoms with E-state index in [1.54, 1.807) is 13.3 Å². The highest BCUT2D eigenvalue weighted by Gasteiger charge is 2.50. The van der Waals surface area contributed by atoms with Crippen LogP contribution in [0.25, 0.3) is 16.5 Å². The van der Waals surface area contributed by atoms with Crippen LogP contribution in [0.1, 0.15) is 42.5 Å². The van der Waals surface area contributed by atoms with Gasteiger partial charge in [-0.05, 0) is 72.2 Å². The second-order valence-electron chi connectivity index (χ2n) is 14.5. The summed E-state index contributed by atoms with van der Waals surface area (Å²) in [5.74, 6) is 0.982. The van der Waals surface area contributed by atoms with Crippen molar-refractivity contribution in [2.24, 2.45) is 5.92 Å². The van der Waals surface area contributed by atoms with Gasteiger partial charge in [0.1, 0.15) is 5.75 Å². The SMILES string of the molecule is COc1ccc([Si](C)(C)[C@H]2[C@H](C)[C@H](CCc3cccc(-n4ncc5ccccc5c4=O)c3)O[C@@H]2CCn2cc(C(CO)c3ccccc3)nn2)cc1. The molecule has 268 valence electrons. The molecule has 1 N–H and O–H groups in total. The van der Waals surface area contributed by atoms with E-state index in [9.17, 15) is 9.90 Å². The number of methoxy groups -OCH3 is 1. The normalized spacial score (nSPS) is 19.6. The number of fused-ring (bicyclic) bond motifs is 1. The summed E-state index contributed by atoms with van der Waals surface area (Å²) >= 11 is 0. The van der Waals surface area contributed by atoms with Crippen molar-refractivity contribution >= 4 is 24.0 Å². The fourth-order valence-corrected chi connectivity index (χ4v) is 12.4. The van der Waals surface area contributed by atoms with Crippen molar-refractivity contribution in [3.05, 3.63) is 143 Å². The van der Waals surface area contributed by atoms with E-state index in [0.29, 0.717) is 23.4 Å². The number of ether oxygens (including phenoxy) is 2. The number of hydrogen-bond acceptors (Lipinski definition) is 7. The average Bonchev–Trinajstić information content (AvgIpc) is 3.78. The standard InChI is InChI=1S/C42H47N5O4Si/c1-29-39(22-17-30-11-10-15-33(25-30)47-42(49)36-16-9-8-14-32(36)26-43-47)51-40(41(29)52(3,4)35-20-18-34(50-2)19-21-35)23-24-46-27-38(44-45-46)37(28-48)31-12-6-5-7-13-31/h5-16,18-21,25-27,29,37,39-41,48H,17,22-24,28H2,1-4H3/t29-,37?,39+,40-,41+/m1/s1. The van der Waals surface area contributed by atoms with Gasteiger partial charge in [0.15, 0.2) is 0 Å². The Bertz CT molecular complexity index is 2170. The predicted octanol–water partition coefficient (Wildman–Crippen LogP) is 6.52. The molecule has 7 rings (SSSR count). The van der Waals surface area contributed by atoms with Crippen molar-refractivity contribution in [2.75, 3.05) is 13.7 Å². The fraction of sp³-hybridized carbons (Fsp3) is 0.333. The molecule has 0 saturated carbocycles. The molecule has 0 amide bonds. The Morgan fingerprint density at radius 3 is 2.46 bits per heavy atom. The summed E-state index contributed by atoms with van der Waals surface area (Å²) in [4.78, 5) is 13.3. The molecule has 1 saturated heterocycles. The Labute approximate surface area is 305 Å². The number of rotatable bonds is 13. The van der Waals surface area contributed by atoms with Gasteiger partial charge in [0.2, 0.25) is 0 Å². The molecule has 0 radical (unpaired) electrons. The first-order valence-electron chi connectivity index (χ1n) is 18.2. The maximum Gasteiger partial charge on any atom is 0.279 e. The molecular weight excluding hydrogens is 667 g/mol. The largest absolute Gasteiger partial charge is 0.497 e. The van der Waals surface area contributed by atoms with E-state index in [1.807, 2.05) is 77.6 Å². The van der Waals surface area contributed by atoms with Gasteiger partial charge in [-0.2, -0.15) is 9.78 Å². The lowest BCUT2D eigenvalue weighted by Gasteiger charge is -2.36. The first-order chi connectivity index (χ1) is 25.3. The van der Waals surface area contributed by atoms with Crippen molar-refractivity contribution in [2.45, 2.75) is 69.5 Å². The van der Waals surface area contributed by atoms with Gasteiger partial charge in [0, 0.05) is 18.1 Å². The number of hydrogen-bond donors (Lipinski definition) is 1. The molecule has 5 atom stereocenters. The molecule has 1 unspecified atom stereocenters. The number of aliphatic hydroxyl groups excluding tert-OH is 1. The summed E-state index contributed by atoms with van der Waals surface area (Å²) in [6.45, 7) is 7.93. The summed E-state index contributed by atoms with van der Waals surface area (Å²) in [6, 6.07) is 34.3. The van der Waals surface area contributed by atoms with Crippen molar-refractivity contribution in [3.8, 4) is 11.4 Å². The lowest BCUT2D eigenvalue weighted by Crippen LogP contribution is -2.50. The highest BCUT2D eigenvalue weighted by Crippen LogP contribution is 2.46. The van der Waals surface area contributed by atoms with Gasteiger partial charge in [-0.25, -0.2) is 0 Å². The van der Waals surface area contributed by atoms with E-state index in [-0.39, 0.29) is 30.3 Å². The Morgan fingerprint density at radius 1 is 0.923 bits per heavy atom. The predicted molar refractivity (Wildman–Crippen MR) is 207 cm³/mol. The second kappa shape index (κ2) is 15.4. The maximum atomic E-state index is 13.3. The third-order valence-corrected chi connectivity index (χ3v) is 15.5. The molecule has 1 fully saturated rings. The van der Waals surface area contributed by atoms with Crippen LogP contribution >= 0.6 is 0 Å². The molecule has 0 aliphatic carbocycles. The van der Waals surface area contributed by atoms with E-state index in [2.05, 4.69) is 71.8 Å². The van der Waals surface area contributed by atoms with Crippen LogP contribution in [0.15, 0.2) is 120 Å². The van der Waals surface area contributed by atoms with Gasteiger partial charge in [-0.1, -0.05) is 103 Å². The van der Waals surface area contributed by atoms with Crippen molar-refractivity contribution in [1.29, 1.82) is 0 Å². The molecular formula is C42H47N5O4Si. The summed E-state index contributed by atoms with van der Waals surface area (Å²) in [5, 5.41) is 26.5. The third kappa shape index (κ3) is 7.23. The monoisotopic (exact) mass is 713 g/mol. The maximum absolute atomic E-state index is 13.3. The van der Waals surface area contributed by atoms with Crippen molar-refractivity contribution in [3.63, 3.8) is 0 Å². The molecule has 10 heteroatoms. The summed E-state index contributed by atoms with van der Waals surface area (Å²) < 4.78 is 15.9. The van der Waals surface area contributed by atoms with Crippen molar-refractivity contribution < 1.29 is 14.6 Å². The molecule has 3 heterocycles. The smallest absolute Gasteiger partial charge is 0.279 e. The minimum atomic E-state index is -2.05. The third-order valence-electron chi connectivity index (χ3n) is 11.1. The zero-order valence-corrected chi connectivity index (χ0v) is 31.3. The lowest BCUT2D eigenvalue weighted by atomic mass is 9.95. The Hall–Kier alpha value is -4.90. The molecule has 1 aliphatic rings. The van der Waals surface area contributed by atoms with Gasteiger partial charge in [0.25, 0.3) is 5.56 Å². The quantitative estimate of drug-likeness (QED) is 0.136. The van der Waals surface area contributed by atoms with Gasteiger partial charge in [-0.3, -0.25) is 9.48 Å². The topological polar surface area (TPSA) is 104 Å². The molecule has 0 bridgehead atoms. The van der Waals surface area contributed by atoms with Gasteiger partial charge < -0.3 is 14.6 Å². The molecule has 1 aliphatic heterocycles. The van der Waals surface area contributed by atoms with Crippen LogP contribution in [0.4, 0.5) is 0 Å². The van der Waals surface area contributed by atoms with Crippen LogP contribution in [-0.4, -0.2) is 63.9 Å². The summed E-state index contributed by atoms with van der Waals surface area (Å²) in [5.41, 5.74) is 3.95. The average molecular weight is 714 g/mol. The van der Waals surface area contributed by atoms with Gasteiger partial charge in [-0.15, -0.1) is 5.10 Å². The van der Waals surface area contributed by atoms with Crippen LogP contribution in [0, 0.1) is 5.92 Å². The Kier molecular flexibility index (Phi) is 10.5. The summed E-state index contributed by atoms with van der Waals surface area (Å²) in [7, 11) is -0.342. The number of benzene rings is 4. The van der Waals surface area contributed by atoms with Crippen LogP contribution in [-0.2, 0) is 17.7 Å². The molecule has 0 spiro atoms. The number of aromatic nitrogens is 5. The zero-order chi connectivity index (χ0) is 36.2. The molecule has 4 aromatic carbocycles. The molecule has 6 aromatic rings. The minimum Gasteiger partial charge on any atom is -0.497 e. The Balaban J connectivity index is 1.10. The Morgan fingerprint density at radius 2 is 1.69 bits per heavy atom. The fourth-order valence-electron chi connectivity index (χ4n) is 8.24. The molecule has 9 nitrogen and oxygen atoms in total. The minimum absolute atomic E-state index is 0.0320. The van der Waals surface area contributed by atoms with Crippen LogP contribution < -0.4 is 15.5 Å². The van der Waals surface area contributed by atoms with E-state index < -0.39 is 8.07 Å².